The van der Waals surface area contributed by atoms with Crippen molar-refractivity contribution in [3.05, 3.63) is 95.3 Å². The molecule has 0 N–H and O–H groups in total. The fourth-order valence-electron chi connectivity index (χ4n) is 3.03. The summed E-state index contributed by atoms with van der Waals surface area (Å²) in [6, 6.07) is 10.6. The summed E-state index contributed by atoms with van der Waals surface area (Å²) in [7, 11) is 0. The Balaban J connectivity index is 1.97. The van der Waals surface area contributed by atoms with Crippen molar-refractivity contribution in [3.63, 3.8) is 0 Å². The number of hydrogen-bond acceptors (Lipinski definition) is 3. The molecule has 0 saturated heterocycles. The van der Waals surface area contributed by atoms with Gasteiger partial charge in [0.15, 0.2) is 0 Å². The lowest BCUT2D eigenvalue weighted by atomic mass is 9.86. The molecule has 1 atom stereocenters. The minimum Gasteiger partial charge on any atom is -0.299 e. The third-order valence-electron chi connectivity index (χ3n) is 4.30. The number of Topliss-reactive ketones (excluding diaryl/α,β-unsaturated/α-hetero) is 1. The van der Waals surface area contributed by atoms with Gasteiger partial charge in [-0.15, -0.1) is 0 Å². The number of carbonyl (C=O) groups excluding carboxylic acids is 1. The van der Waals surface area contributed by atoms with Crippen molar-refractivity contribution in [2.45, 2.75) is 24.9 Å². The van der Waals surface area contributed by atoms with Gasteiger partial charge < -0.3 is 0 Å². The topological polar surface area (TPSA) is 42.9 Å². The van der Waals surface area contributed by atoms with Crippen molar-refractivity contribution in [1.82, 2.24) is 9.97 Å². The second kappa shape index (κ2) is 8.29. The average Bonchev–Trinajstić information content (AvgIpc) is 2.67. The molecular weight excluding hydrogens is 372 g/mol. The van der Waals surface area contributed by atoms with E-state index in [0.717, 1.165) is 18.2 Å². The first kappa shape index (κ1) is 19.7. The van der Waals surface area contributed by atoms with Gasteiger partial charge in [0.05, 0.1) is 11.3 Å². The summed E-state index contributed by atoms with van der Waals surface area (Å²) in [6.45, 7) is 0. The lowest BCUT2D eigenvalue weighted by Crippen LogP contribution is -2.18. The van der Waals surface area contributed by atoms with Crippen molar-refractivity contribution in [1.29, 1.82) is 0 Å². The fraction of sp³-hybridized carbons (Fsp3) is 0.190. The van der Waals surface area contributed by atoms with Crippen LogP contribution in [0.5, 0.6) is 0 Å². The third kappa shape index (κ3) is 4.79. The Kier molecular flexibility index (Phi) is 5.82. The van der Waals surface area contributed by atoms with E-state index >= 15 is 0 Å². The van der Waals surface area contributed by atoms with Gasteiger partial charge in [-0.1, -0.05) is 18.2 Å². The van der Waals surface area contributed by atoms with Crippen LogP contribution in [0.3, 0.4) is 0 Å². The number of ketones is 1. The molecule has 144 valence electrons. The van der Waals surface area contributed by atoms with Gasteiger partial charge in [0, 0.05) is 37.4 Å². The van der Waals surface area contributed by atoms with Crippen LogP contribution in [-0.2, 0) is 17.4 Å². The van der Waals surface area contributed by atoms with Gasteiger partial charge in [-0.25, -0.2) is 4.39 Å². The van der Waals surface area contributed by atoms with Gasteiger partial charge in [0.1, 0.15) is 11.6 Å². The Bertz CT molecular complexity index is 941. The first-order valence-electron chi connectivity index (χ1n) is 8.53. The highest BCUT2D eigenvalue weighted by Crippen LogP contribution is 2.38. The maximum Gasteiger partial charge on any atom is 0.418 e. The van der Waals surface area contributed by atoms with Crippen LogP contribution < -0.4 is 0 Å². The minimum absolute atomic E-state index is 0.0414. The Morgan fingerprint density at radius 2 is 1.71 bits per heavy atom. The first-order valence-corrected chi connectivity index (χ1v) is 8.53. The summed E-state index contributed by atoms with van der Waals surface area (Å²) in [5.41, 5.74) is -0.0905. The number of pyridine rings is 2. The van der Waals surface area contributed by atoms with Gasteiger partial charge in [0.25, 0.3) is 0 Å². The smallest absolute Gasteiger partial charge is 0.299 e. The number of nitrogens with zero attached hydrogens (tertiary/aromatic N) is 2. The SMILES string of the molecule is O=C(Cc1cccnc1)C[C@@H](c1ccc(F)cc1)c1ncccc1C(F)(F)F. The van der Waals surface area contributed by atoms with Crippen LogP contribution in [0.4, 0.5) is 17.6 Å². The summed E-state index contributed by atoms with van der Waals surface area (Å²) in [5.74, 6) is -1.72. The number of rotatable bonds is 6. The highest BCUT2D eigenvalue weighted by molar-refractivity contribution is 5.82. The van der Waals surface area contributed by atoms with E-state index in [-0.39, 0.29) is 24.3 Å². The third-order valence-corrected chi connectivity index (χ3v) is 4.30. The lowest BCUT2D eigenvalue weighted by molar-refractivity contribution is -0.138. The van der Waals surface area contributed by atoms with Gasteiger partial charge in [0.2, 0.25) is 0 Å². The Morgan fingerprint density at radius 1 is 1.00 bits per heavy atom. The highest BCUT2D eigenvalue weighted by Gasteiger charge is 2.36. The van der Waals surface area contributed by atoms with E-state index in [0.29, 0.717) is 11.1 Å². The average molecular weight is 388 g/mol. The minimum atomic E-state index is -4.62. The molecule has 28 heavy (non-hydrogen) atoms. The summed E-state index contributed by atoms with van der Waals surface area (Å²) in [4.78, 5) is 20.4. The largest absolute Gasteiger partial charge is 0.418 e. The molecule has 0 spiro atoms. The number of alkyl halides is 3. The standard InChI is InChI=1S/C21H16F4N2O/c22-16-7-5-15(6-8-16)18(12-17(28)11-14-3-1-9-26-13-14)20-19(21(23,24)25)4-2-10-27-20/h1-10,13,18H,11-12H2/t18-/m0/s1. The summed E-state index contributed by atoms with van der Waals surface area (Å²) < 4.78 is 53.7. The highest BCUT2D eigenvalue weighted by atomic mass is 19.4. The van der Waals surface area contributed by atoms with Crippen molar-refractivity contribution in [2.75, 3.05) is 0 Å². The van der Waals surface area contributed by atoms with Crippen molar-refractivity contribution in [3.8, 4) is 0 Å². The van der Waals surface area contributed by atoms with Crippen LogP contribution in [0, 0.1) is 5.82 Å². The molecule has 0 amide bonds. The van der Waals surface area contributed by atoms with Gasteiger partial charge in [-0.2, -0.15) is 13.2 Å². The van der Waals surface area contributed by atoms with Crippen LogP contribution in [0.1, 0.15) is 34.7 Å². The zero-order valence-corrected chi connectivity index (χ0v) is 14.7. The molecule has 3 nitrogen and oxygen atoms in total. The maximum atomic E-state index is 13.5. The van der Waals surface area contributed by atoms with Crippen molar-refractivity contribution >= 4 is 5.78 Å². The summed E-state index contributed by atoms with van der Waals surface area (Å²) in [6.07, 6.45) is -0.410. The van der Waals surface area contributed by atoms with Gasteiger partial charge >= 0.3 is 6.18 Å². The molecular formula is C21H16F4N2O. The van der Waals surface area contributed by atoms with Crippen molar-refractivity contribution in [2.24, 2.45) is 0 Å². The molecule has 2 aromatic heterocycles. The summed E-state index contributed by atoms with van der Waals surface area (Å²) >= 11 is 0. The van der Waals surface area contributed by atoms with Gasteiger partial charge in [-0.3, -0.25) is 14.8 Å². The monoisotopic (exact) mass is 388 g/mol. The predicted octanol–water partition coefficient (Wildman–Crippen LogP) is 4.97. The van der Waals surface area contributed by atoms with Crippen LogP contribution in [0.25, 0.3) is 0 Å². The normalized spacial score (nSPS) is 12.6. The van der Waals surface area contributed by atoms with Crippen LogP contribution >= 0.6 is 0 Å². The van der Waals surface area contributed by atoms with E-state index < -0.39 is 23.5 Å². The fourth-order valence-corrected chi connectivity index (χ4v) is 3.03. The molecule has 7 heteroatoms. The van der Waals surface area contributed by atoms with Crippen LogP contribution in [0.15, 0.2) is 67.1 Å². The van der Waals surface area contributed by atoms with Crippen LogP contribution in [0.2, 0.25) is 0 Å². The molecule has 0 radical (unpaired) electrons. The second-order valence-electron chi connectivity index (χ2n) is 6.32. The number of aromatic nitrogens is 2. The number of hydrogen-bond donors (Lipinski definition) is 0. The van der Waals surface area contributed by atoms with E-state index in [1.165, 1.54) is 30.6 Å². The molecule has 1 aromatic carbocycles. The summed E-state index contributed by atoms with van der Waals surface area (Å²) in [5, 5.41) is 0. The first-order chi connectivity index (χ1) is 13.3. The van der Waals surface area contributed by atoms with Crippen molar-refractivity contribution < 1.29 is 22.4 Å². The van der Waals surface area contributed by atoms with E-state index in [1.807, 2.05) is 0 Å². The predicted molar refractivity (Wildman–Crippen MR) is 95.0 cm³/mol. The van der Waals surface area contributed by atoms with E-state index in [1.54, 1.807) is 18.3 Å². The molecule has 3 rings (SSSR count). The van der Waals surface area contributed by atoms with E-state index in [9.17, 15) is 22.4 Å². The molecule has 3 aromatic rings. The number of halogens is 4. The second-order valence-corrected chi connectivity index (χ2v) is 6.32. The Hall–Kier alpha value is -3.09. The molecule has 2 heterocycles. The lowest BCUT2D eigenvalue weighted by Gasteiger charge is -2.21. The quantitative estimate of drug-likeness (QED) is 0.560. The van der Waals surface area contributed by atoms with E-state index in [2.05, 4.69) is 9.97 Å². The zero-order valence-electron chi connectivity index (χ0n) is 14.7. The molecule has 0 unspecified atom stereocenters. The molecule has 0 bridgehead atoms. The zero-order chi connectivity index (χ0) is 20.1. The van der Waals surface area contributed by atoms with Crippen LogP contribution in [-0.4, -0.2) is 15.8 Å². The molecule has 0 saturated carbocycles. The maximum absolute atomic E-state index is 13.5. The molecule has 0 fully saturated rings. The molecule has 0 aliphatic carbocycles. The molecule has 0 aliphatic heterocycles. The Morgan fingerprint density at radius 3 is 2.36 bits per heavy atom. The Labute approximate surface area is 159 Å². The number of benzene rings is 1. The van der Waals surface area contributed by atoms with Gasteiger partial charge in [-0.05, 0) is 41.5 Å². The van der Waals surface area contributed by atoms with E-state index in [4.69, 9.17) is 0 Å². The molecule has 0 aliphatic rings. The number of carbonyl (C=O) groups is 1.